The van der Waals surface area contributed by atoms with E-state index in [1.807, 2.05) is 6.92 Å². The molecule has 4 nitrogen and oxygen atoms in total. The van der Waals surface area contributed by atoms with Gasteiger partial charge in [0.25, 0.3) is 11.5 Å². The summed E-state index contributed by atoms with van der Waals surface area (Å²) in [6, 6.07) is 1.60. The van der Waals surface area contributed by atoms with E-state index in [1.165, 1.54) is 0 Å². The molecule has 0 saturated carbocycles. The monoisotopic (exact) mass is 314 g/mol. The molecule has 0 unspecified atom stereocenters. The molecule has 0 aromatic carbocycles. The molecule has 18 heavy (non-hydrogen) atoms. The van der Waals surface area contributed by atoms with Crippen LogP contribution in [0.4, 0.5) is 0 Å². The predicted molar refractivity (Wildman–Crippen MR) is 76.0 cm³/mol. The first-order valence-electron chi connectivity index (χ1n) is 6.30. The van der Waals surface area contributed by atoms with Crippen molar-refractivity contribution in [2.24, 2.45) is 0 Å². The Labute approximate surface area is 115 Å². The van der Waals surface area contributed by atoms with Gasteiger partial charge in [0.15, 0.2) is 0 Å². The first kappa shape index (κ1) is 15.0. The van der Waals surface area contributed by atoms with Crippen molar-refractivity contribution in [1.82, 2.24) is 10.3 Å². The number of carbonyl (C=O) groups is 1. The van der Waals surface area contributed by atoms with Crippen LogP contribution in [0.5, 0.6) is 0 Å². The van der Waals surface area contributed by atoms with Crippen LogP contribution < -0.4 is 10.9 Å². The number of aryl methyl sites for hydroxylation is 1. The first-order chi connectivity index (χ1) is 8.60. The molecule has 1 heterocycles. The molecule has 0 bridgehead atoms. The summed E-state index contributed by atoms with van der Waals surface area (Å²) >= 11 is 3.38. The van der Waals surface area contributed by atoms with Crippen LogP contribution in [0, 0.1) is 0 Å². The van der Waals surface area contributed by atoms with Crippen molar-refractivity contribution in [2.75, 3.05) is 6.54 Å². The first-order valence-corrected chi connectivity index (χ1v) is 7.09. The number of carbonyl (C=O) groups excluding carboxylic acids is 1. The van der Waals surface area contributed by atoms with Crippen LogP contribution in [-0.2, 0) is 6.42 Å². The Hall–Kier alpha value is -1.10. The highest BCUT2D eigenvalue weighted by molar-refractivity contribution is 9.10. The highest BCUT2D eigenvalue weighted by Gasteiger charge is 2.12. The summed E-state index contributed by atoms with van der Waals surface area (Å²) in [5.41, 5.74) is 0.682. The number of rotatable bonds is 6. The molecule has 0 spiro atoms. The fourth-order valence-corrected chi connectivity index (χ4v) is 2.14. The average molecular weight is 315 g/mol. The Bertz CT molecular complexity index is 469. The Morgan fingerprint density at radius 2 is 2.11 bits per heavy atom. The van der Waals surface area contributed by atoms with Gasteiger partial charge in [0, 0.05) is 16.7 Å². The Kier molecular flexibility index (Phi) is 6.12. The second-order valence-electron chi connectivity index (χ2n) is 4.20. The third-order valence-corrected chi connectivity index (χ3v) is 3.34. The van der Waals surface area contributed by atoms with E-state index in [1.54, 1.807) is 6.07 Å². The number of nitrogens with one attached hydrogen (secondary N) is 2. The van der Waals surface area contributed by atoms with Crippen LogP contribution in [-0.4, -0.2) is 17.4 Å². The summed E-state index contributed by atoms with van der Waals surface area (Å²) in [4.78, 5) is 26.4. The van der Waals surface area contributed by atoms with Gasteiger partial charge in [-0.25, -0.2) is 0 Å². The highest BCUT2D eigenvalue weighted by Crippen LogP contribution is 2.15. The maximum Gasteiger partial charge on any atom is 0.261 e. The van der Waals surface area contributed by atoms with Crippen LogP contribution in [0.15, 0.2) is 15.3 Å². The summed E-state index contributed by atoms with van der Waals surface area (Å²) in [5.74, 6) is -0.312. The van der Waals surface area contributed by atoms with E-state index in [-0.39, 0.29) is 17.0 Å². The van der Waals surface area contributed by atoms with E-state index < -0.39 is 0 Å². The lowest BCUT2D eigenvalue weighted by Gasteiger charge is -2.07. The average Bonchev–Trinajstić information content (AvgIpc) is 2.34. The molecule has 0 saturated heterocycles. The molecule has 5 heteroatoms. The van der Waals surface area contributed by atoms with Gasteiger partial charge in [-0.1, -0.05) is 26.7 Å². The molecule has 0 radical (unpaired) electrons. The Balaban J connectivity index is 2.87. The standard InChI is InChI=1S/C13H19BrN2O2/c1-3-5-7-15-12(17)9-8-10(14)11(6-4-2)16-13(9)18/h8H,3-7H2,1-2H3,(H,15,17)(H,16,18). The van der Waals surface area contributed by atoms with Crippen molar-refractivity contribution in [3.8, 4) is 0 Å². The number of aromatic nitrogens is 1. The number of hydrogen-bond donors (Lipinski definition) is 2. The maximum absolute atomic E-state index is 11.8. The van der Waals surface area contributed by atoms with Gasteiger partial charge in [0.05, 0.1) is 0 Å². The van der Waals surface area contributed by atoms with Crippen molar-refractivity contribution in [3.63, 3.8) is 0 Å². The number of amides is 1. The zero-order chi connectivity index (χ0) is 13.5. The molecule has 2 N–H and O–H groups in total. The van der Waals surface area contributed by atoms with E-state index in [2.05, 4.69) is 33.2 Å². The SMILES string of the molecule is CCCCNC(=O)c1cc(Br)c(CCC)[nH]c1=O. The van der Waals surface area contributed by atoms with E-state index in [9.17, 15) is 9.59 Å². The van der Waals surface area contributed by atoms with Gasteiger partial charge in [-0.05, 0) is 34.8 Å². The van der Waals surface area contributed by atoms with Crippen LogP contribution in [0.1, 0.15) is 49.2 Å². The zero-order valence-electron chi connectivity index (χ0n) is 10.8. The van der Waals surface area contributed by atoms with Gasteiger partial charge in [0.2, 0.25) is 0 Å². The van der Waals surface area contributed by atoms with Gasteiger partial charge >= 0.3 is 0 Å². The molecule has 0 atom stereocenters. The lowest BCUT2D eigenvalue weighted by molar-refractivity contribution is 0.0951. The van der Waals surface area contributed by atoms with E-state index >= 15 is 0 Å². The number of halogens is 1. The minimum absolute atomic E-state index is 0.165. The van der Waals surface area contributed by atoms with Crippen LogP contribution in [0.25, 0.3) is 0 Å². The molecule has 1 aromatic heterocycles. The number of pyridine rings is 1. The van der Waals surface area contributed by atoms with Crippen molar-refractivity contribution in [2.45, 2.75) is 39.5 Å². The molecule has 1 aromatic rings. The summed E-state index contributed by atoms with van der Waals surface area (Å²) in [6.07, 6.45) is 3.65. The molecule has 1 rings (SSSR count). The third-order valence-electron chi connectivity index (χ3n) is 2.63. The lowest BCUT2D eigenvalue weighted by Crippen LogP contribution is -2.30. The normalized spacial score (nSPS) is 10.4. The van der Waals surface area contributed by atoms with Gasteiger partial charge in [-0.15, -0.1) is 0 Å². The maximum atomic E-state index is 11.8. The lowest BCUT2D eigenvalue weighted by atomic mass is 10.2. The van der Waals surface area contributed by atoms with Crippen LogP contribution in [0.2, 0.25) is 0 Å². The van der Waals surface area contributed by atoms with Gasteiger partial charge in [-0.3, -0.25) is 9.59 Å². The smallest absolute Gasteiger partial charge is 0.261 e. The van der Waals surface area contributed by atoms with E-state index in [0.29, 0.717) is 6.54 Å². The number of aromatic amines is 1. The van der Waals surface area contributed by atoms with Gasteiger partial charge in [-0.2, -0.15) is 0 Å². The Morgan fingerprint density at radius 3 is 2.72 bits per heavy atom. The summed E-state index contributed by atoms with van der Waals surface area (Å²) in [6.45, 7) is 4.69. The second-order valence-corrected chi connectivity index (χ2v) is 5.05. The molecule has 1 amide bonds. The van der Waals surface area contributed by atoms with Crippen molar-refractivity contribution in [3.05, 3.63) is 32.2 Å². The fraction of sp³-hybridized carbons (Fsp3) is 0.538. The number of H-pyrrole nitrogens is 1. The number of hydrogen-bond acceptors (Lipinski definition) is 2. The summed E-state index contributed by atoms with van der Waals surface area (Å²) < 4.78 is 0.782. The molecule has 0 aliphatic heterocycles. The van der Waals surface area contributed by atoms with Crippen molar-refractivity contribution < 1.29 is 4.79 Å². The fourth-order valence-electron chi connectivity index (χ4n) is 1.62. The number of unbranched alkanes of at least 4 members (excludes halogenated alkanes) is 1. The molecule has 0 fully saturated rings. The second kappa shape index (κ2) is 7.36. The molecule has 0 aliphatic rings. The van der Waals surface area contributed by atoms with E-state index in [4.69, 9.17) is 0 Å². The van der Waals surface area contributed by atoms with Crippen LogP contribution in [0.3, 0.4) is 0 Å². The van der Waals surface area contributed by atoms with Gasteiger partial charge < -0.3 is 10.3 Å². The third kappa shape index (κ3) is 3.98. The topological polar surface area (TPSA) is 62.0 Å². The zero-order valence-corrected chi connectivity index (χ0v) is 12.4. The van der Waals surface area contributed by atoms with E-state index in [0.717, 1.165) is 35.8 Å². The minimum atomic E-state index is -0.323. The van der Waals surface area contributed by atoms with Crippen LogP contribution >= 0.6 is 15.9 Å². The summed E-state index contributed by atoms with van der Waals surface area (Å²) in [7, 11) is 0. The highest BCUT2D eigenvalue weighted by atomic mass is 79.9. The van der Waals surface area contributed by atoms with Crippen molar-refractivity contribution >= 4 is 21.8 Å². The minimum Gasteiger partial charge on any atom is -0.352 e. The quantitative estimate of drug-likeness (QED) is 0.793. The molecular formula is C13H19BrN2O2. The Morgan fingerprint density at radius 1 is 1.39 bits per heavy atom. The van der Waals surface area contributed by atoms with Gasteiger partial charge in [0.1, 0.15) is 5.56 Å². The predicted octanol–water partition coefficient (Wildman–Crippen LogP) is 2.62. The largest absolute Gasteiger partial charge is 0.352 e. The molecular weight excluding hydrogens is 296 g/mol. The molecule has 0 aliphatic carbocycles. The molecule has 100 valence electrons. The van der Waals surface area contributed by atoms with Crippen molar-refractivity contribution in [1.29, 1.82) is 0 Å². The summed E-state index contributed by atoms with van der Waals surface area (Å²) in [5, 5.41) is 2.74.